The topological polar surface area (TPSA) is 64.2 Å². The smallest absolute Gasteiger partial charge is 0.408 e. The van der Waals surface area contributed by atoms with Crippen molar-refractivity contribution in [3.8, 4) is 0 Å². The Morgan fingerprint density at radius 1 is 1.09 bits per heavy atom. The Kier molecular flexibility index (Phi) is 3.65. The fraction of sp³-hybridized carbons (Fsp3) is 0.0667. The summed E-state index contributed by atoms with van der Waals surface area (Å²) in [5.74, 6) is -6.11. The zero-order valence-electron chi connectivity index (χ0n) is 11.5. The van der Waals surface area contributed by atoms with Gasteiger partial charge in [-0.05, 0) is 24.3 Å². The minimum Gasteiger partial charge on any atom is -0.408 e. The molecule has 1 amide bonds. The van der Waals surface area contributed by atoms with Crippen LogP contribution in [0.15, 0.2) is 45.6 Å². The first kappa shape index (κ1) is 14.9. The highest BCUT2D eigenvalue weighted by Crippen LogP contribution is 2.19. The molecule has 0 spiro atoms. The maximum atomic E-state index is 13.5. The first-order valence-corrected chi connectivity index (χ1v) is 6.49. The van der Waals surface area contributed by atoms with Gasteiger partial charge >= 0.3 is 5.76 Å². The van der Waals surface area contributed by atoms with Crippen LogP contribution in [-0.4, -0.2) is 10.5 Å². The lowest BCUT2D eigenvalue weighted by molar-refractivity contribution is -0.116. The van der Waals surface area contributed by atoms with E-state index in [1.165, 1.54) is 0 Å². The average Bonchev–Trinajstić information content (AvgIpc) is 2.84. The number of halogens is 3. The third kappa shape index (κ3) is 2.70. The molecule has 118 valence electrons. The first-order chi connectivity index (χ1) is 11.0. The lowest BCUT2D eigenvalue weighted by Crippen LogP contribution is -2.25. The van der Waals surface area contributed by atoms with Crippen LogP contribution in [0.2, 0.25) is 0 Å². The van der Waals surface area contributed by atoms with Crippen molar-refractivity contribution >= 4 is 22.7 Å². The Morgan fingerprint density at radius 3 is 2.61 bits per heavy atom. The van der Waals surface area contributed by atoms with Crippen LogP contribution in [0.25, 0.3) is 11.1 Å². The summed E-state index contributed by atoms with van der Waals surface area (Å²) in [5.41, 5.74) is 0.164. The number of benzene rings is 2. The maximum Gasteiger partial charge on any atom is 0.420 e. The zero-order chi connectivity index (χ0) is 16.6. The molecule has 1 N–H and O–H groups in total. The van der Waals surface area contributed by atoms with Crippen LogP contribution in [0.5, 0.6) is 0 Å². The Morgan fingerprint density at radius 2 is 1.83 bits per heavy atom. The van der Waals surface area contributed by atoms with E-state index >= 15 is 0 Å². The number of nitrogens with one attached hydrogen (secondary N) is 1. The molecular weight excluding hydrogens is 313 g/mol. The van der Waals surface area contributed by atoms with Crippen molar-refractivity contribution in [3.05, 3.63) is 64.4 Å². The van der Waals surface area contributed by atoms with Gasteiger partial charge in [0.15, 0.2) is 23.0 Å². The predicted molar refractivity (Wildman–Crippen MR) is 75.4 cm³/mol. The molecule has 0 unspecified atom stereocenters. The molecule has 8 heteroatoms. The molecule has 0 saturated carbocycles. The maximum absolute atomic E-state index is 13.5. The monoisotopic (exact) mass is 322 g/mol. The van der Waals surface area contributed by atoms with Crippen molar-refractivity contribution in [1.29, 1.82) is 0 Å². The summed E-state index contributed by atoms with van der Waals surface area (Å²) < 4.78 is 45.5. The van der Waals surface area contributed by atoms with Crippen LogP contribution in [0.4, 0.5) is 18.9 Å². The lowest BCUT2D eigenvalue weighted by atomic mass is 10.2. The van der Waals surface area contributed by atoms with Crippen LogP contribution in [0.3, 0.4) is 0 Å². The van der Waals surface area contributed by atoms with E-state index in [2.05, 4.69) is 5.32 Å². The SMILES string of the molecule is O=C(Cn1c(=O)oc2ccccc21)Nc1ccc(F)c(F)c1F. The number of carbonyl (C=O) groups excluding carboxylic acids is 1. The number of nitrogens with zero attached hydrogens (tertiary/aromatic N) is 1. The number of fused-ring (bicyclic) bond motifs is 1. The molecule has 5 nitrogen and oxygen atoms in total. The summed E-state index contributed by atoms with van der Waals surface area (Å²) in [6, 6.07) is 8.02. The van der Waals surface area contributed by atoms with E-state index in [4.69, 9.17) is 4.42 Å². The zero-order valence-corrected chi connectivity index (χ0v) is 11.5. The number of rotatable bonds is 3. The quantitative estimate of drug-likeness (QED) is 0.754. The van der Waals surface area contributed by atoms with Gasteiger partial charge in [0.05, 0.1) is 11.2 Å². The van der Waals surface area contributed by atoms with Gasteiger partial charge in [-0.15, -0.1) is 0 Å². The molecule has 0 radical (unpaired) electrons. The number of oxazole rings is 1. The van der Waals surface area contributed by atoms with E-state index in [9.17, 15) is 22.8 Å². The van der Waals surface area contributed by atoms with Crippen LogP contribution in [0.1, 0.15) is 0 Å². The number of hydrogen-bond donors (Lipinski definition) is 1. The molecule has 1 aromatic heterocycles. The molecule has 3 aromatic rings. The number of aromatic nitrogens is 1. The van der Waals surface area contributed by atoms with Crippen LogP contribution in [0, 0.1) is 17.5 Å². The Hall–Kier alpha value is -3.03. The fourth-order valence-electron chi connectivity index (χ4n) is 2.12. The van der Waals surface area contributed by atoms with Crippen molar-refractivity contribution in [1.82, 2.24) is 4.57 Å². The molecule has 3 rings (SSSR count). The number of anilines is 1. The molecule has 0 atom stereocenters. The molecule has 0 aliphatic carbocycles. The normalized spacial score (nSPS) is 10.9. The second-order valence-electron chi connectivity index (χ2n) is 4.69. The molecule has 1 heterocycles. The average molecular weight is 322 g/mol. The van der Waals surface area contributed by atoms with Crippen LogP contribution >= 0.6 is 0 Å². The Balaban J connectivity index is 1.86. The summed E-state index contributed by atoms with van der Waals surface area (Å²) in [5, 5.41) is 2.09. The van der Waals surface area contributed by atoms with Crippen LogP contribution < -0.4 is 11.1 Å². The van der Waals surface area contributed by atoms with Crippen molar-refractivity contribution in [2.75, 3.05) is 5.32 Å². The molecule has 0 aliphatic rings. The Bertz CT molecular complexity index is 962. The van der Waals surface area contributed by atoms with Crippen molar-refractivity contribution in [2.45, 2.75) is 6.54 Å². The summed E-state index contributed by atoms with van der Waals surface area (Å²) in [6.45, 7) is -0.464. The van der Waals surface area contributed by atoms with Crippen molar-refractivity contribution in [2.24, 2.45) is 0 Å². The molecular formula is C15H9F3N2O3. The molecule has 0 bridgehead atoms. The van der Waals surface area contributed by atoms with E-state index in [-0.39, 0.29) is 0 Å². The highest BCUT2D eigenvalue weighted by Gasteiger charge is 2.17. The summed E-state index contributed by atoms with van der Waals surface area (Å²) in [4.78, 5) is 23.7. The largest absolute Gasteiger partial charge is 0.420 e. The highest BCUT2D eigenvalue weighted by atomic mass is 19.2. The van der Waals surface area contributed by atoms with Gasteiger partial charge in [0.1, 0.15) is 6.54 Å². The highest BCUT2D eigenvalue weighted by molar-refractivity contribution is 5.91. The van der Waals surface area contributed by atoms with Gasteiger partial charge < -0.3 is 9.73 Å². The van der Waals surface area contributed by atoms with Gasteiger partial charge in [-0.25, -0.2) is 18.0 Å². The molecule has 0 aliphatic heterocycles. The van der Waals surface area contributed by atoms with E-state index < -0.39 is 41.3 Å². The summed E-state index contributed by atoms with van der Waals surface area (Å²) in [7, 11) is 0. The second kappa shape index (κ2) is 5.64. The number of carbonyl (C=O) groups is 1. The first-order valence-electron chi connectivity index (χ1n) is 6.49. The Labute approximate surface area is 126 Å². The summed E-state index contributed by atoms with van der Waals surface area (Å²) in [6.07, 6.45) is 0. The number of amides is 1. The third-order valence-corrected chi connectivity index (χ3v) is 3.18. The van der Waals surface area contributed by atoms with Gasteiger partial charge in [-0.3, -0.25) is 9.36 Å². The third-order valence-electron chi connectivity index (χ3n) is 3.18. The van der Waals surface area contributed by atoms with Crippen LogP contribution in [-0.2, 0) is 11.3 Å². The lowest BCUT2D eigenvalue weighted by Gasteiger charge is -2.07. The fourth-order valence-corrected chi connectivity index (χ4v) is 2.12. The van der Waals surface area contributed by atoms with Gasteiger partial charge in [0.25, 0.3) is 0 Å². The summed E-state index contributed by atoms with van der Waals surface area (Å²) >= 11 is 0. The van der Waals surface area contributed by atoms with Gasteiger partial charge in [-0.1, -0.05) is 12.1 Å². The van der Waals surface area contributed by atoms with E-state index in [0.717, 1.165) is 10.6 Å². The predicted octanol–water partition coefficient (Wildman–Crippen LogP) is 2.65. The number of hydrogen-bond acceptors (Lipinski definition) is 3. The minimum atomic E-state index is -1.69. The second-order valence-corrected chi connectivity index (χ2v) is 4.69. The molecule has 0 fully saturated rings. The minimum absolute atomic E-state index is 0.296. The van der Waals surface area contributed by atoms with E-state index in [1.54, 1.807) is 24.3 Å². The van der Waals surface area contributed by atoms with Gasteiger partial charge in [-0.2, -0.15) is 0 Å². The van der Waals surface area contributed by atoms with Crippen molar-refractivity contribution < 1.29 is 22.4 Å². The van der Waals surface area contributed by atoms with Crippen molar-refractivity contribution in [3.63, 3.8) is 0 Å². The molecule has 23 heavy (non-hydrogen) atoms. The van der Waals surface area contributed by atoms with E-state index in [0.29, 0.717) is 17.2 Å². The molecule has 2 aromatic carbocycles. The molecule has 0 saturated heterocycles. The van der Waals surface area contributed by atoms with E-state index in [1.807, 2.05) is 0 Å². The standard InChI is InChI=1S/C15H9F3N2O3/c16-8-5-6-9(14(18)13(8)17)19-12(21)7-20-10-3-1-2-4-11(10)23-15(20)22/h1-6H,7H2,(H,19,21). The number of para-hydroxylation sites is 2. The van der Waals surface area contributed by atoms with Gasteiger partial charge in [0, 0.05) is 0 Å². The van der Waals surface area contributed by atoms with Gasteiger partial charge in [0.2, 0.25) is 5.91 Å².